The lowest BCUT2D eigenvalue weighted by Gasteiger charge is -2.00. The Morgan fingerprint density at radius 3 is 2.40 bits per heavy atom. The van der Waals surface area contributed by atoms with Gasteiger partial charge < -0.3 is 10.2 Å². The highest BCUT2D eigenvalue weighted by Gasteiger charge is 2.03. The Labute approximate surface area is 114 Å². The maximum absolute atomic E-state index is 10.5. The first-order chi connectivity index (χ1) is 9.56. The summed E-state index contributed by atoms with van der Waals surface area (Å²) >= 11 is 0. The van der Waals surface area contributed by atoms with Crippen LogP contribution in [0.3, 0.4) is 0 Å². The predicted octanol–water partition coefficient (Wildman–Crippen LogP) is 2.45. The maximum atomic E-state index is 10.5. The van der Waals surface area contributed by atoms with Crippen LogP contribution >= 0.6 is 0 Å². The Kier molecular flexibility index (Phi) is 3.80. The molecule has 0 fully saturated rings. The minimum atomic E-state index is -0.480. The first-order valence-electron chi connectivity index (χ1n) is 5.62. The van der Waals surface area contributed by atoms with Crippen molar-refractivity contribution in [2.45, 2.75) is 0 Å². The third kappa shape index (κ3) is 3.22. The molecule has 0 amide bonds. The van der Waals surface area contributed by atoms with Crippen LogP contribution in [0.1, 0.15) is 5.56 Å². The van der Waals surface area contributed by atoms with E-state index in [1.54, 1.807) is 6.07 Å². The third-order valence-corrected chi connectivity index (χ3v) is 2.48. The van der Waals surface area contributed by atoms with Crippen molar-refractivity contribution < 1.29 is 15.1 Å². The summed E-state index contributed by atoms with van der Waals surface area (Å²) in [6, 6.07) is 10.1. The molecule has 0 saturated carbocycles. The summed E-state index contributed by atoms with van der Waals surface area (Å²) in [5.74, 6) is -0.435. The molecule has 2 aromatic rings. The van der Waals surface area contributed by atoms with Gasteiger partial charge in [-0.05, 0) is 35.9 Å². The molecule has 0 spiro atoms. The van der Waals surface area contributed by atoms with E-state index in [9.17, 15) is 15.2 Å². The SMILES string of the molecule is O=[N+]([O-])c1ccc(NN=Cc2ccc(O)c(O)c2)cc1. The number of hydrazone groups is 1. The molecule has 0 aliphatic rings. The van der Waals surface area contributed by atoms with E-state index in [4.69, 9.17) is 5.11 Å². The Balaban J connectivity index is 2.02. The van der Waals surface area contributed by atoms with Crippen LogP contribution in [0.25, 0.3) is 0 Å². The van der Waals surface area contributed by atoms with E-state index >= 15 is 0 Å². The molecule has 0 aliphatic carbocycles. The van der Waals surface area contributed by atoms with Gasteiger partial charge in [-0.3, -0.25) is 15.5 Å². The van der Waals surface area contributed by atoms with E-state index in [0.29, 0.717) is 11.3 Å². The van der Waals surface area contributed by atoms with Crippen LogP contribution in [0.2, 0.25) is 0 Å². The zero-order valence-corrected chi connectivity index (χ0v) is 10.2. The number of phenolic OH excluding ortho intramolecular Hbond substituents is 2. The zero-order valence-electron chi connectivity index (χ0n) is 10.2. The van der Waals surface area contributed by atoms with Gasteiger partial charge >= 0.3 is 0 Å². The summed E-state index contributed by atoms with van der Waals surface area (Å²) in [6.07, 6.45) is 1.45. The fourth-order valence-electron chi connectivity index (χ4n) is 1.46. The van der Waals surface area contributed by atoms with Crippen LogP contribution in [-0.2, 0) is 0 Å². The van der Waals surface area contributed by atoms with Gasteiger partial charge in [0, 0.05) is 12.1 Å². The van der Waals surface area contributed by atoms with E-state index in [0.717, 1.165) is 0 Å². The molecule has 102 valence electrons. The molecule has 0 radical (unpaired) electrons. The second kappa shape index (κ2) is 5.70. The van der Waals surface area contributed by atoms with Gasteiger partial charge in [-0.25, -0.2) is 0 Å². The quantitative estimate of drug-likeness (QED) is 0.343. The van der Waals surface area contributed by atoms with E-state index < -0.39 is 4.92 Å². The van der Waals surface area contributed by atoms with Crippen LogP contribution in [0.5, 0.6) is 11.5 Å². The molecule has 0 unspecified atom stereocenters. The van der Waals surface area contributed by atoms with Gasteiger partial charge in [-0.2, -0.15) is 5.10 Å². The van der Waals surface area contributed by atoms with Crippen molar-refractivity contribution in [2.75, 3.05) is 5.43 Å². The Hall–Kier alpha value is -3.09. The number of benzene rings is 2. The van der Waals surface area contributed by atoms with Crippen LogP contribution in [0, 0.1) is 10.1 Å². The predicted molar refractivity (Wildman–Crippen MR) is 74.1 cm³/mol. The van der Waals surface area contributed by atoms with Crippen molar-refractivity contribution in [1.82, 2.24) is 0 Å². The number of anilines is 1. The number of non-ortho nitro benzene ring substituents is 1. The van der Waals surface area contributed by atoms with Crippen LogP contribution in [0.15, 0.2) is 47.6 Å². The second-order valence-electron chi connectivity index (χ2n) is 3.92. The summed E-state index contributed by atoms with van der Waals surface area (Å²) in [5.41, 5.74) is 3.88. The largest absolute Gasteiger partial charge is 0.504 e. The van der Waals surface area contributed by atoms with Gasteiger partial charge in [-0.1, -0.05) is 0 Å². The minimum Gasteiger partial charge on any atom is -0.504 e. The molecule has 7 nitrogen and oxygen atoms in total. The first-order valence-corrected chi connectivity index (χ1v) is 5.62. The second-order valence-corrected chi connectivity index (χ2v) is 3.92. The Morgan fingerprint density at radius 1 is 1.10 bits per heavy atom. The molecule has 0 aromatic heterocycles. The number of hydrogen-bond acceptors (Lipinski definition) is 6. The van der Waals surface area contributed by atoms with Gasteiger partial charge in [0.2, 0.25) is 0 Å². The molecule has 0 heterocycles. The monoisotopic (exact) mass is 273 g/mol. The summed E-state index contributed by atoms with van der Waals surface area (Å²) in [7, 11) is 0. The molecule has 0 atom stereocenters. The molecule has 7 heteroatoms. The number of nitrogens with one attached hydrogen (secondary N) is 1. The van der Waals surface area contributed by atoms with Gasteiger partial charge in [0.1, 0.15) is 0 Å². The molecule has 2 aromatic carbocycles. The summed E-state index contributed by atoms with van der Waals surface area (Å²) < 4.78 is 0. The molecule has 3 N–H and O–H groups in total. The summed E-state index contributed by atoms with van der Waals surface area (Å²) in [5, 5.41) is 32.9. The minimum absolute atomic E-state index is 0.00277. The van der Waals surface area contributed by atoms with E-state index in [2.05, 4.69) is 10.5 Å². The average molecular weight is 273 g/mol. The molecular formula is C13H11N3O4. The summed E-state index contributed by atoms with van der Waals surface area (Å²) in [6.45, 7) is 0. The van der Waals surface area contributed by atoms with Gasteiger partial charge in [0.25, 0.3) is 5.69 Å². The number of hydrogen-bond donors (Lipinski definition) is 3. The van der Waals surface area contributed by atoms with Crippen molar-refractivity contribution >= 4 is 17.6 Å². The fourth-order valence-corrected chi connectivity index (χ4v) is 1.46. The zero-order chi connectivity index (χ0) is 14.5. The van der Waals surface area contributed by atoms with Crippen molar-refractivity contribution in [3.05, 3.63) is 58.1 Å². The van der Waals surface area contributed by atoms with Crippen molar-refractivity contribution in [1.29, 1.82) is 0 Å². The normalized spacial score (nSPS) is 10.6. The third-order valence-electron chi connectivity index (χ3n) is 2.48. The van der Waals surface area contributed by atoms with Crippen molar-refractivity contribution in [3.63, 3.8) is 0 Å². The highest BCUT2D eigenvalue weighted by Crippen LogP contribution is 2.24. The smallest absolute Gasteiger partial charge is 0.269 e. The number of phenols is 2. The van der Waals surface area contributed by atoms with E-state index in [1.807, 2.05) is 0 Å². The topological polar surface area (TPSA) is 108 Å². The van der Waals surface area contributed by atoms with Gasteiger partial charge in [-0.15, -0.1) is 0 Å². The van der Waals surface area contributed by atoms with Crippen molar-refractivity contribution in [3.8, 4) is 11.5 Å². The summed E-state index contributed by atoms with van der Waals surface area (Å²) in [4.78, 5) is 10.0. The average Bonchev–Trinajstić information content (AvgIpc) is 2.43. The molecule has 0 saturated heterocycles. The lowest BCUT2D eigenvalue weighted by molar-refractivity contribution is -0.384. The van der Waals surface area contributed by atoms with E-state index in [1.165, 1.54) is 42.6 Å². The van der Waals surface area contributed by atoms with Crippen LogP contribution < -0.4 is 5.43 Å². The maximum Gasteiger partial charge on any atom is 0.269 e. The number of nitrogens with zero attached hydrogens (tertiary/aromatic N) is 2. The lowest BCUT2D eigenvalue weighted by Crippen LogP contribution is -1.92. The molecule has 2 rings (SSSR count). The standard InChI is InChI=1S/C13H11N3O4/c17-12-6-1-9(7-13(12)18)8-14-15-10-2-4-11(5-3-10)16(19)20/h1-8,15,17-18H. The molecule has 20 heavy (non-hydrogen) atoms. The lowest BCUT2D eigenvalue weighted by atomic mass is 10.2. The number of nitro benzene ring substituents is 1. The number of nitro groups is 1. The van der Waals surface area contributed by atoms with Crippen LogP contribution in [-0.4, -0.2) is 21.4 Å². The number of aromatic hydroxyl groups is 2. The highest BCUT2D eigenvalue weighted by atomic mass is 16.6. The molecule has 0 aliphatic heterocycles. The van der Waals surface area contributed by atoms with Gasteiger partial charge in [0.15, 0.2) is 11.5 Å². The Morgan fingerprint density at radius 2 is 1.80 bits per heavy atom. The molecular weight excluding hydrogens is 262 g/mol. The molecule has 0 bridgehead atoms. The number of rotatable bonds is 4. The van der Waals surface area contributed by atoms with E-state index in [-0.39, 0.29) is 17.2 Å². The van der Waals surface area contributed by atoms with Crippen molar-refractivity contribution in [2.24, 2.45) is 5.10 Å². The fraction of sp³-hybridized carbons (Fsp3) is 0. The Bertz CT molecular complexity index is 653. The highest BCUT2D eigenvalue weighted by molar-refractivity contribution is 5.81. The van der Waals surface area contributed by atoms with Gasteiger partial charge in [0.05, 0.1) is 16.8 Å². The van der Waals surface area contributed by atoms with Crippen LogP contribution in [0.4, 0.5) is 11.4 Å². The first kappa shape index (κ1) is 13.3.